The molecule has 0 bridgehead atoms. The van der Waals surface area contributed by atoms with Gasteiger partial charge < -0.3 is 5.73 Å². The van der Waals surface area contributed by atoms with E-state index in [1.54, 1.807) is 0 Å². The fourth-order valence-electron chi connectivity index (χ4n) is 1.06. The van der Waals surface area contributed by atoms with E-state index in [4.69, 9.17) is 5.73 Å². The maximum atomic E-state index is 5.65. The van der Waals surface area contributed by atoms with Crippen LogP contribution in [-0.2, 0) is 5.75 Å². The predicted octanol–water partition coefficient (Wildman–Crippen LogP) is 1.97. The van der Waals surface area contributed by atoms with E-state index in [1.165, 1.54) is 11.1 Å². The molecule has 1 heterocycles. The summed E-state index contributed by atoms with van der Waals surface area (Å²) in [6.45, 7) is 4.09. The van der Waals surface area contributed by atoms with Crippen LogP contribution < -0.4 is 5.73 Å². The highest BCUT2D eigenvalue weighted by atomic mass is 32.2. The number of hydrogen-bond acceptors (Lipinski definition) is 3. The van der Waals surface area contributed by atoms with E-state index in [-0.39, 0.29) is 6.04 Å². The molecule has 2 N–H and O–H groups in total. The summed E-state index contributed by atoms with van der Waals surface area (Å²) < 4.78 is 0. The molecule has 0 saturated heterocycles. The average molecular weight is 196 g/mol. The summed E-state index contributed by atoms with van der Waals surface area (Å²) >= 11 is 1.86. The molecule has 0 aliphatic rings. The Morgan fingerprint density at radius 2 is 2.31 bits per heavy atom. The number of aromatic nitrogens is 1. The summed E-state index contributed by atoms with van der Waals surface area (Å²) in [4.78, 5) is 4.14. The van der Waals surface area contributed by atoms with E-state index >= 15 is 0 Å². The van der Waals surface area contributed by atoms with E-state index in [2.05, 4.69) is 18.0 Å². The smallest absolute Gasteiger partial charge is 0.0308 e. The summed E-state index contributed by atoms with van der Waals surface area (Å²) in [6, 6.07) is 2.45. The van der Waals surface area contributed by atoms with Crippen molar-refractivity contribution in [2.45, 2.75) is 25.6 Å². The molecule has 0 spiro atoms. The van der Waals surface area contributed by atoms with Crippen molar-refractivity contribution in [3.63, 3.8) is 0 Å². The molecule has 1 rings (SSSR count). The predicted molar refractivity (Wildman–Crippen MR) is 58.8 cm³/mol. The number of aryl methyl sites for hydroxylation is 1. The second-order valence-electron chi connectivity index (χ2n) is 3.36. The summed E-state index contributed by atoms with van der Waals surface area (Å²) in [7, 11) is 0. The van der Waals surface area contributed by atoms with Gasteiger partial charge in [0.1, 0.15) is 0 Å². The minimum absolute atomic E-state index is 0.280. The van der Waals surface area contributed by atoms with Crippen LogP contribution in [0.3, 0.4) is 0 Å². The zero-order valence-corrected chi connectivity index (χ0v) is 8.97. The fraction of sp³-hybridized carbons (Fsp3) is 0.500. The molecular weight excluding hydrogens is 180 g/mol. The Morgan fingerprint density at radius 1 is 1.54 bits per heavy atom. The third-order valence-corrected chi connectivity index (χ3v) is 2.88. The molecule has 0 aliphatic heterocycles. The SMILES string of the molecule is Cc1cncc(CSCC(C)N)c1. The van der Waals surface area contributed by atoms with Crippen molar-refractivity contribution >= 4 is 11.8 Å². The Balaban J connectivity index is 2.37. The van der Waals surface area contributed by atoms with Gasteiger partial charge in [-0.05, 0) is 25.0 Å². The average Bonchev–Trinajstić information content (AvgIpc) is 2.03. The van der Waals surface area contributed by atoms with Gasteiger partial charge in [-0.15, -0.1) is 0 Å². The molecule has 2 nitrogen and oxygen atoms in total. The van der Waals surface area contributed by atoms with Gasteiger partial charge in [0, 0.05) is 29.9 Å². The highest BCUT2D eigenvalue weighted by Crippen LogP contribution is 2.12. The van der Waals surface area contributed by atoms with Gasteiger partial charge in [0.2, 0.25) is 0 Å². The lowest BCUT2D eigenvalue weighted by Gasteiger charge is -2.04. The molecule has 0 amide bonds. The van der Waals surface area contributed by atoms with Gasteiger partial charge >= 0.3 is 0 Å². The minimum Gasteiger partial charge on any atom is -0.327 e. The molecule has 0 radical (unpaired) electrons. The van der Waals surface area contributed by atoms with Crippen LogP contribution in [0.25, 0.3) is 0 Å². The highest BCUT2D eigenvalue weighted by molar-refractivity contribution is 7.98. The van der Waals surface area contributed by atoms with Gasteiger partial charge in [0.25, 0.3) is 0 Å². The maximum Gasteiger partial charge on any atom is 0.0308 e. The Bertz CT molecular complexity index is 261. The van der Waals surface area contributed by atoms with Crippen LogP contribution in [0.5, 0.6) is 0 Å². The zero-order valence-electron chi connectivity index (χ0n) is 8.16. The van der Waals surface area contributed by atoms with Crippen LogP contribution in [0.15, 0.2) is 18.5 Å². The van der Waals surface area contributed by atoms with Crippen LogP contribution >= 0.6 is 11.8 Å². The van der Waals surface area contributed by atoms with Gasteiger partial charge in [0.15, 0.2) is 0 Å². The monoisotopic (exact) mass is 196 g/mol. The van der Waals surface area contributed by atoms with Gasteiger partial charge in [-0.1, -0.05) is 6.07 Å². The number of thioether (sulfide) groups is 1. The Morgan fingerprint density at radius 3 is 2.92 bits per heavy atom. The van der Waals surface area contributed by atoms with E-state index in [1.807, 2.05) is 31.1 Å². The van der Waals surface area contributed by atoms with Crippen molar-refractivity contribution in [3.05, 3.63) is 29.6 Å². The topological polar surface area (TPSA) is 38.9 Å². The second kappa shape index (κ2) is 5.25. The number of nitrogens with zero attached hydrogens (tertiary/aromatic N) is 1. The van der Waals surface area contributed by atoms with Gasteiger partial charge in [-0.2, -0.15) is 11.8 Å². The number of hydrogen-bond donors (Lipinski definition) is 1. The maximum absolute atomic E-state index is 5.65. The molecule has 0 saturated carbocycles. The van der Waals surface area contributed by atoms with Gasteiger partial charge in [-0.3, -0.25) is 4.98 Å². The van der Waals surface area contributed by atoms with Crippen LogP contribution in [0.1, 0.15) is 18.1 Å². The highest BCUT2D eigenvalue weighted by Gasteiger charge is 1.97. The van der Waals surface area contributed by atoms with Crippen molar-refractivity contribution in [1.82, 2.24) is 4.98 Å². The van der Waals surface area contributed by atoms with Crippen molar-refractivity contribution < 1.29 is 0 Å². The van der Waals surface area contributed by atoms with Crippen molar-refractivity contribution in [3.8, 4) is 0 Å². The molecule has 0 aromatic carbocycles. The summed E-state index contributed by atoms with van der Waals surface area (Å²) in [5.41, 5.74) is 8.15. The lowest BCUT2D eigenvalue weighted by molar-refractivity contribution is 0.847. The number of pyridine rings is 1. The first-order valence-electron chi connectivity index (χ1n) is 4.42. The Labute approximate surface area is 83.9 Å². The van der Waals surface area contributed by atoms with Crippen molar-refractivity contribution in [1.29, 1.82) is 0 Å². The third-order valence-electron chi connectivity index (χ3n) is 1.58. The zero-order chi connectivity index (χ0) is 9.68. The molecule has 1 unspecified atom stereocenters. The van der Waals surface area contributed by atoms with Crippen molar-refractivity contribution in [2.75, 3.05) is 5.75 Å². The third kappa shape index (κ3) is 4.29. The summed E-state index contributed by atoms with van der Waals surface area (Å²) in [5, 5.41) is 0. The largest absolute Gasteiger partial charge is 0.327 e. The van der Waals surface area contributed by atoms with Crippen LogP contribution in [0.2, 0.25) is 0 Å². The van der Waals surface area contributed by atoms with E-state index in [9.17, 15) is 0 Å². The molecule has 1 aromatic rings. The normalized spacial score (nSPS) is 12.8. The van der Waals surface area contributed by atoms with E-state index < -0.39 is 0 Å². The van der Waals surface area contributed by atoms with Crippen LogP contribution in [0, 0.1) is 6.92 Å². The van der Waals surface area contributed by atoms with Gasteiger partial charge in [-0.25, -0.2) is 0 Å². The molecule has 3 heteroatoms. The minimum atomic E-state index is 0.280. The molecular formula is C10H16N2S. The first kappa shape index (κ1) is 10.5. The molecule has 0 aliphatic carbocycles. The van der Waals surface area contributed by atoms with Crippen LogP contribution in [0.4, 0.5) is 0 Å². The molecule has 72 valence electrons. The first-order valence-corrected chi connectivity index (χ1v) is 5.58. The standard InChI is InChI=1S/C10H16N2S/c1-8-3-10(5-12-4-8)7-13-6-9(2)11/h3-5,9H,6-7,11H2,1-2H3. The number of rotatable bonds is 4. The van der Waals surface area contributed by atoms with E-state index in [0.717, 1.165) is 11.5 Å². The van der Waals surface area contributed by atoms with Gasteiger partial charge in [0.05, 0.1) is 0 Å². The molecule has 1 aromatic heterocycles. The first-order chi connectivity index (χ1) is 6.18. The quantitative estimate of drug-likeness (QED) is 0.800. The lowest BCUT2D eigenvalue weighted by Crippen LogP contribution is -2.17. The molecule has 0 fully saturated rings. The Kier molecular flexibility index (Phi) is 4.25. The van der Waals surface area contributed by atoms with E-state index in [0.29, 0.717) is 0 Å². The Hall–Kier alpha value is -0.540. The molecule has 1 atom stereocenters. The summed E-state index contributed by atoms with van der Waals surface area (Å²) in [5.74, 6) is 2.02. The van der Waals surface area contributed by atoms with Crippen molar-refractivity contribution in [2.24, 2.45) is 5.73 Å². The summed E-state index contributed by atoms with van der Waals surface area (Å²) in [6.07, 6.45) is 3.79. The second-order valence-corrected chi connectivity index (χ2v) is 4.39. The number of nitrogens with two attached hydrogens (primary N) is 1. The van der Waals surface area contributed by atoms with Crippen LogP contribution in [-0.4, -0.2) is 16.8 Å². The molecule has 13 heavy (non-hydrogen) atoms. The lowest BCUT2D eigenvalue weighted by atomic mass is 10.2. The fourth-order valence-corrected chi connectivity index (χ4v) is 1.94.